The lowest BCUT2D eigenvalue weighted by molar-refractivity contribution is -0.202. The zero-order valence-corrected chi connectivity index (χ0v) is 27.7. The van der Waals surface area contributed by atoms with Gasteiger partial charge in [0.2, 0.25) is 0 Å². The molecule has 4 atom stereocenters. The van der Waals surface area contributed by atoms with Crippen molar-refractivity contribution in [2.45, 2.75) is 75.5 Å². The Morgan fingerprint density at radius 2 is 1.84 bits per heavy atom. The number of carboxylic acid groups (broad SMARTS) is 1. The summed E-state index contributed by atoms with van der Waals surface area (Å²) in [6, 6.07) is 12.5. The first-order chi connectivity index (χ1) is 21.0. The Balaban J connectivity index is 1.70. The van der Waals surface area contributed by atoms with Crippen LogP contribution in [0.4, 0.5) is 4.39 Å². The number of hydrogen-bond donors (Lipinski definition) is 1. The van der Waals surface area contributed by atoms with Crippen LogP contribution < -0.4 is 0 Å². The Kier molecular flexibility index (Phi) is 9.09. The Hall–Kier alpha value is -3.05. The highest BCUT2D eigenvalue weighted by Crippen LogP contribution is 2.51. The molecule has 0 radical (unpaired) electrons. The second-order valence-electron chi connectivity index (χ2n) is 13.0. The van der Waals surface area contributed by atoms with Gasteiger partial charge in [0.05, 0.1) is 27.1 Å². The second-order valence-corrected chi connectivity index (χ2v) is 16.6. The van der Waals surface area contributed by atoms with Crippen molar-refractivity contribution in [1.29, 1.82) is 0 Å². The molecule has 1 saturated heterocycles. The maximum absolute atomic E-state index is 15.0. The predicted octanol–water partition coefficient (Wildman–Crippen LogP) is 6.86. The lowest BCUT2D eigenvalue weighted by Crippen LogP contribution is -2.62. The van der Waals surface area contributed by atoms with E-state index in [4.69, 9.17) is 27.9 Å². The van der Waals surface area contributed by atoms with E-state index in [1.54, 1.807) is 62.9 Å². The second kappa shape index (κ2) is 12.3. The molecule has 8 nitrogen and oxygen atoms in total. The summed E-state index contributed by atoms with van der Waals surface area (Å²) >= 11 is 12.5. The molecular formula is C33H35Cl2FN2O6S. The SMILES string of the molecule is CC(C)(C)S(=O)(=O)CC(C1CC1)N1C(=O)[C@@](C)(Cc2ccc(C(=O)O)cn2)O[C@H](c2cccc(Cl)c2)[C@H]1c1ccc(Cl)c(F)c1. The van der Waals surface area contributed by atoms with Crippen LogP contribution in [-0.2, 0) is 25.8 Å². The highest BCUT2D eigenvalue weighted by atomic mass is 35.5. The van der Waals surface area contributed by atoms with Crippen molar-refractivity contribution in [3.8, 4) is 0 Å². The minimum Gasteiger partial charge on any atom is -0.478 e. The summed E-state index contributed by atoms with van der Waals surface area (Å²) in [7, 11) is -3.71. The maximum Gasteiger partial charge on any atom is 0.337 e. The van der Waals surface area contributed by atoms with Gasteiger partial charge in [-0.2, -0.15) is 0 Å². The van der Waals surface area contributed by atoms with Crippen molar-refractivity contribution in [2.75, 3.05) is 5.75 Å². The molecule has 1 aliphatic heterocycles. The van der Waals surface area contributed by atoms with E-state index in [1.807, 2.05) is 0 Å². The molecule has 0 bridgehead atoms. The summed E-state index contributed by atoms with van der Waals surface area (Å²) in [6.45, 7) is 6.51. The number of sulfone groups is 1. The molecule has 0 spiro atoms. The Bertz CT molecular complexity index is 1730. The highest BCUT2D eigenvalue weighted by molar-refractivity contribution is 7.92. The molecule has 2 aromatic carbocycles. The molecule has 2 fully saturated rings. The predicted molar refractivity (Wildman–Crippen MR) is 170 cm³/mol. The van der Waals surface area contributed by atoms with Gasteiger partial charge in [0.1, 0.15) is 11.9 Å². The fourth-order valence-electron chi connectivity index (χ4n) is 5.78. The lowest BCUT2D eigenvalue weighted by Gasteiger charge is -2.52. The van der Waals surface area contributed by atoms with E-state index in [1.165, 1.54) is 30.5 Å². The molecule has 2 heterocycles. The standard InChI is InChI=1S/C33H35Cl2FN2O6S/c1-32(2,3)45(42,43)18-27(19-8-9-19)38-28(20-11-13-25(35)26(36)15-20)29(21-6-5-7-23(34)14-21)44-33(4,31(38)41)16-24-12-10-22(17-37-24)30(39)40/h5-7,10-15,17,19,27-29H,8-9,16,18H2,1-4H3,(H,39,40)/t27?,28-,29-,33-/m1/s1. The topological polar surface area (TPSA) is 114 Å². The molecule has 45 heavy (non-hydrogen) atoms. The maximum atomic E-state index is 15.0. The highest BCUT2D eigenvalue weighted by Gasteiger charge is 2.56. The summed E-state index contributed by atoms with van der Waals surface area (Å²) < 4.78 is 48.1. The van der Waals surface area contributed by atoms with Crippen LogP contribution >= 0.6 is 23.2 Å². The van der Waals surface area contributed by atoms with Crippen molar-refractivity contribution < 1.29 is 32.2 Å². The van der Waals surface area contributed by atoms with Crippen molar-refractivity contribution in [3.63, 3.8) is 0 Å². The number of amides is 1. The Morgan fingerprint density at radius 1 is 1.13 bits per heavy atom. The van der Waals surface area contributed by atoms with Gasteiger partial charge in [-0.3, -0.25) is 9.78 Å². The monoisotopic (exact) mass is 676 g/mol. The van der Waals surface area contributed by atoms with Crippen LogP contribution in [0.1, 0.15) is 79.9 Å². The minimum absolute atomic E-state index is 0.00997. The first-order valence-electron chi connectivity index (χ1n) is 14.6. The number of carboxylic acids is 1. The van der Waals surface area contributed by atoms with E-state index in [9.17, 15) is 23.1 Å². The summed E-state index contributed by atoms with van der Waals surface area (Å²) in [5, 5.41) is 9.65. The zero-order chi connectivity index (χ0) is 32.9. The van der Waals surface area contributed by atoms with Crippen molar-refractivity contribution in [2.24, 2.45) is 5.92 Å². The average molecular weight is 678 g/mol. The summed E-state index contributed by atoms with van der Waals surface area (Å²) in [5.74, 6) is -2.69. The number of halogens is 3. The smallest absolute Gasteiger partial charge is 0.337 e. The van der Waals surface area contributed by atoms with E-state index in [-0.39, 0.29) is 28.7 Å². The van der Waals surface area contributed by atoms with Crippen LogP contribution in [0.3, 0.4) is 0 Å². The number of ether oxygens (including phenoxy) is 1. The molecule has 1 aromatic heterocycles. The number of benzene rings is 2. The Labute approximate surface area is 272 Å². The number of rotatable bonds is 9. The molecule has 1 aliphatic carbocycles. The van der Waals surface area contributed by atoms with Gasteiger partial charge in [-0.25, -0.2) is 17.6 Å². The van der Waals surface area contributed by atoms with Crippen LogP contribution in [0.2, 0.25) is 10.0 Å². The summed E-state index contributed by atoms with van der Waals surface area (Å²) in [5.41, 5.74) is -0.176. The fraction of sp³-hybridized carbons (Fsp3) is 0.424. The van der Waals surface area contributed by atoms with E-state index >= 15 is 4.39 Å². The normalized spacial score (nSPS) is 23.2. The van der Waals surface area contributed by atoms with Crippen LogP contribution in [0, 0.1) is 11.7 Å². The number of nitrogens with zero attached hydrogens (tertiary/aromatic N) is 2. The number of aromatic carboxylic acids is 1. The van der Waals surface area contributed by atoms with E-state index in [0.29, 0.717) is 21.8 Å². The van der Waals surface area contributed by atoms with Gasteiger partial charge in [-0.05, 0) is 94.0 Å². The van der Waals surface area contributed by atoms with Crippen LogP contribution in [0.15, 0.2) is 60.8 Å². The fourth-order valence-corrected chi connectivity index (χ4v) is 7.48. The quantitative estimate of drug-likeness (QED) is 0.263. The van der Waals surface area contributed by atoms with Crippen molar-refractivity contribution in [1.82, 2.24) is 9.88 Å². The molecule has 1 saturated carbocycles. The van der Waals surface area contributed by atoms with Gasteiger partial charge < -0.3 is 14.7 Å². The first-order valence-corrected chi connectivity index (χ1v) is 17.0. The number of hydrogen-bond acceptors (Lipinski definition) is 6. The Morgan fingerprint density at radius 3 is 2.40 bits per heavy atom. The third-order valence-electron chi connectivity index (χ3n) is 8.56. The largest absolute Gasteiger partial charge is 0.478 e. The third kappa shape index (κ3) is 6.89. The van der Waals surface area contributed by atoms with Crippen LogP contribution in [0.5, 0.6) is 0 Å². The van der Waals surface area contributed by atoms with Crippen LogP contribution in [-0.4, -0.2) is 57.4 Å². The number of pyridine rings is 1. The molecule has 240 valence electrons. The van der Waals surface area contributed by atoms with Gasteiger partial charge >= 0.3 is 5.97 Å². The average Bonchev–Trinajstić information content (AvgIpc) is 3.80. The molecule has 1 amide bonds. The molecule has 1 unspecified atom stereocenters. The number of aromatic nitrogens is 1. The molecule has 2 aliphatic rings. The van der Waals surface area contributed by atoms with Gasteiger partial charge in [0, 0.05) is 29.4 Å². The first kappa shape index (κ1) is 33.3. The molecule has 5 rings (SSSR count). The van der Waals surface area contributed by atoms with E-state index in [2.05, 4.69) is 4.98 Å². The molecule has 12 heteroatoms. The van der Waals surface area contributed by atoms with Gasteiger partial charge in [-0.1, -0.05) is 41.4 Å². The number of carbonyl (C=O) groups is 2. The molecular weight excluding hydrogens is 642 g/mol. The van der Waals surface area contributed by atoms with Gasteiger partial charge in [0.15, 0.2) is 15.4 Å². The van der Waals surface area contributed by atoms with Gasteiger partial charge in [0.25, 0.3) is 5.91 Å². The molecule has 3 aromatic rings. The van der Waals surface area contributed by atoms with Crippen molar-refractivity contribution >= 4 is 44.9 Å². The molecule has 1 N–H and O–H groups in total. The number of morpholine rings is 1. The number of carbonyl (C=O) groups excluding carboxylic acids is 1. The summed E-state index contributed by atoms with van der Waals surface area (Å²) in [4.78, 5) is 32.1. The lowest BCUT2D eigenvalue weighted by atomic mass is 9.85. The van der Waals surface area contributed by atoms with Crippen LogP contribution in [0.25, 0.3) is 0 Å². The third-order valence-corrected chi connectivity index (χ3v) is 11.7. The minimum atomic E-state index is -3.71. The van der Waals surface area contributed by atoms with E-state index in [0.717, 1.165) is 12.8 Å². The van der Waals surface area contributed by atoms with Gasteiger partial charge in [-0.15, -0.1) is 0 Å². The van der Waals surface area contributed by atoms with E-state index < -0.39 is 56.1 Å². The van der Waals surface area contributed by atoms with Crippen molar-refractivity contribution in [3.05, 3.63) is 99.0 Å². The summed E-state index contributed by atoms with van der Waals surface area (Å²) in [6.07, 6.45) is 1.73. The zero-order valence-electron chi connectivity index (χ0n) is 25.3.